The molecule has 1 N–H and O–H groups in total. The van der Waals surface area contributed by atoms with Gasteiger partial charge in [0, 0.05) is 31.1 Å². The van der Waals surface area contributed by atoms with Crippen molar-refractivity contribution < 1.29 is 28.1 Å². The van der Waals surface area contributed by atoms with Gasteiger partial charge >= 0.3 is 0 Å². The number of thioether (sulfide) groups is 1. The van der Waals surface area contributed by atoms with Gasteiger partial charge in [-0.05, 0) is 66.2 Å². The zero-order chi connectivity index (χ0) is 36.5. The zero-order valence-electron chi connectivity index (χ0n) is 30.7. The summed E-state index contributed by atoms with van der Waals surface area (Å²) in [4.78, 5) is 16.1. The maximum Gasteiger partial charge on any atom is 0.227 e. The highest BCUT2D eigenvalue weighted by Crippen LogP contribution is 2.44. The SMILES string of the molecule is COCOc1cc(-c2nc(OC)c3c(N4CCCC(C)(O)C4)nc(SC)nc3c2F)c2c(C#C[Si](C(C)C)(C(C)C)C(C)C)c(F)ccc2c1. The van der Waals surface area contributed by atoms with Crippen molar-refractivity contribution in [2.75, 3.05) is 45.3 Å². The van der Waals surface area contributed by atoms with Crippen molar-refractivity contribution in [2.24, 2.45) is 0 Å². The number of methoxy groups -OCH3 is 2. The molecule has 50 heavy (non-hydrogen) atoms. The van der Waals surface area contributed by atoms with Crippen molar-refractivity contribution in [1.29, 1.82) is 0 Å². The third-order valence-electron chi connectivity index (χ3n) is 9.97. The lowest BCUT2D eigenvalue weighted by molar-refractivity contribution is 0.0447. The molecule has 0 radical (unpaired) electrons. The second-order valence-electron chi connectivity index (χ2n) is 14.3. The first kappa shape index (κ1) is 37.7. The van der Waals surface area contributed by atoms with Crippen LogP contribution in [0.1, 0.15) is 66.9 Å². The molecule has 0 spiro atoms. The molecular formula is C38H48F2N4O4SSi. The summed E-state index contributed by atoms with van der Waals surface area (Å²) < 4.78 is 50.2. The second-order valence-corrected chi connectivity index (χ2v) is 20.6. The first-order valence-electron chi connectivity index (χ1n) is 17.1. The number of hydrogen-bond donors (Lipinski definition) is 1. The van der Waals surface area contributed by atoms with Crippen LogP contribution >= 0.6 is 11.8 Å². The predicted molar refractivity (Wildman–Crippen MR) is 201 cm³/mol. The van der Waals surface area contributed by atoms with E-state index in [4.69, 9.17) is 24.2 Å². The standard InChI is InChI=1S/C38H48F2N4O4SSi/c1-22(2)50(23(3)4,24(5)6)17-14-27-29(39)13-12-25-18-26(48-21-46-8)19-28(30(25)27)33-32(40)34-31(36(41-33)47-9)35(43-37(42-34)49-10)44-16-11-15-38(7,45)20-44/h12-13,18-19,22-24,45H,11,15-16,20-21H2,1-10H3. The molecule has 5 rings (SSSR count). The number of pyridine rings is 1. The normalized spacial score (nSPS) is 16.8. The van der Waals surface area contributed by atoms with Gasteiger partial charge in [-0.3, -0.25) is 0 Å². The Kier molecular flexibility index (Phi) is 11.3. The summed E-state index contributed by atoms with van der Waals surface area (Å²) in [6, 6.07) is 6.44. The highest BCUT2D eigenvalue weighted by Gasteiger charge is 2.42. The number of piperidine rings is 1. The van der Waals surface area contributed by atoms with Crippen molar-refractivity contribution in [3.05, 3.63) is 41.5 Å². The number of ether oxygens (including phenoxy) is 3. The minimum atomic E-state index is -2.27. The van der Waals surface area contributed by atoms with E-state index in [2.05, 4.69) is 58.0 Å². The molecule has 1 atom stereocenters. The van der Waals surface area contributed by atoms with Gasteiger partial charge in [0.2, 0.25) is 5.88 Å². The van der Waals surface area contributed by atoms with E-state index in [0.717, 1.165) is 6.42 Å². The fourth-order valence-electron chi connectivity index (χ4n) is 7.69. The van der Waals surface area contributed by atoms with Crippen LogP contribution in [0.3, 0.4) is 0 Å². The van der Waals surface area contributed by atoms with Crippen LogP contribution in [-0.2, 0) is 4.74 Å². The molecule has 1 aliphatic heterocycles. The average molecular weight is 723 g/mol. The molecule has 1 unspecified atom stereocenters. The minimum Gasteiger partial charge on any atom is -0.480 e. The van der Waals surface area contributed by atoms with Crippen LogP contribution in [0.5, 0.6) is 11.6 Å². The lowest BCUT2D eigenvalue weighted by Gasteiger charge is -2.38. The number of hydrogen-bond acceptors (Lipinski definition) is 9. The molecule has 1 aliphatic rings. The van der Waals surface area contributed by atoms with Gasteiger partial charge in [0.1, 0.15) is 42.1 Å². The lowest BCUT2D eigenvalue weighted by atomic mass is 9.94. The number of fused-ring (bicyclic) bond motifs is 2. The van der Waals surface area contributed by atoms with E-state index in [1.807, 2.05) is 11.2 Å². The molecular weight excluding hydrogens is 675 g/mol. The zero-order valence-corrected chi connectivity index (χ0v) is 32.5. The molecule has 0 aliphatic carbocycles. The van der Waals surface area contributed by atoms with E-state index in [1.165, 1.54) is 32.0 Å². The van der Waals surface area contributed by atoms with Crippen molar-refractivity contribution in [3.8, 4) is 34.4 Å². The smallest absolute Gasteiger partial charge is 0.227 e. The number of aliphatic hydroxyl groups is 1. The Hall–Kier alpha value is -3.50. The van der Waals surface area contributed by atoms with Crippen LogP contribution in [-0.4, -0.2) is 74.1 Å². The summed E-state index contributed by atoms with van der Waals surface area (Å²) in [5.74, 6) is 3.02. The Morgan fingerprint density at radius 3 is 2.32 bits per heavy atom. The van der Waals surface area contributed by atoms with Crippen molar-refractivity contribution >= 4 is 47.3 Å². The Morgan fingerprint density at radius 1 is 1.02 bits per heavy atom. The highest BCUT2D eigenvalue weighted by atomic mass is 32.2. The summed E-state index contributed by atoms with van der Waals surface area (Å²) in [6.07, 6.45) is 3.19. The van der Waals surface area contributed by atoms with Crippen molar-refractivity contribution in [1.82, 2.24) is 15.0 Å². The Labute approximate surface area is 299 Å². The molecule has 2 aromatic carbocycles. The largest absolute Gasteiger partial charge is 0.480 e. The van der Waals surface area contributed by atoms with Gasteiger partial charge < -0.3 is 24.2 Å². The molecule has 0 amide bonds. The maximum atomic E-state index is 17.2. The third-order valence-corrected chi connectivity index (χ3v) is 16.8. The Bertz CT molecular complexity index is 1940. The van der Waals surface area contributed by atoms with Gasteiger partial charge in [-0.25, -0.2) is 23.7 Å². The first-order valence-corrected chi connectivity index (χ1v) is 20.5. The summed E-state index contributed by atoms with van der Waals surface area (Å²) >= 11 is 1.28. The van der Waals surface area contributed by atoms with Gasteiger partial charge in [-0.2, -0.15) is 0 Å². The summed E-state index contributed by atoms with van der Waals surface area (Å²) in [5.41, 5.74) is 4.08. The molecule has 0 bridgehead atoms. The predicted octanol–water partition coefficient (Wildman–Crippen LogP) is 8.76. The van der Waals surface area contributed by atoms with Gasteiger partial charge in [0.05, 0.1) is 18.3 Å². The topological polar surface area (TPSA) is 89.8 Å². The van der Waals surface area contributed by atoms with E-state index in [0.29, 0.717) is 69.0 Å². The van der Waals surface area contributed by atoms with Crippen LogP contribution in [0.15, 0.2) is 29.4 Å². The van der Waals surface area contributed by atoms with Crippen LogP contribution in [0.2, 0.25) is 16.6 Å². The van der Waals surface area contributed by atoms with Gasteiger partial charge in [0.15, 0.2) is 17.8 Å². The molecule has 12 heteroatoms. The summed E-state index contributed by atoms with van der Waals surface area (Å²) in [6.45, 7) is 15.9. The molecule has 2 aromatic heterocycles. The number of nitrogens with zero attached hydrogens (tertiary/aromatic N) is 4. The van der Waals surface area contributed by atoms with E-state index in [1.54, 1.807) is 25.1 Å². The number of halogens is 2. The van der Waals surface area contributed by atoms with Crippen LogP contribution in [0.25, 0.3) is 32.9 Å². The van der Waals surface area contributed by atoms with E-state index in [-0.39, 0.29) is 35.0 Å². The van der Waals surface area contributed by atoms with Crippen LogP contribution in [0.4, 0.5) is 14.6 Å². The quantitative estimate of drug-likeness (QED) is 0.0568. The van der Waals surface area contributed by atoms with Gasteiger partial charge in [-0.15, -0.1) is 5.54 Å². The molecule has 1 fully saturated rings. The summed E-state index contributed by atoms with van der Waals surface area (Å²) in [5, 5.41) is 12.6. The van der Waals surface area contributed by atoms with E-state index < -0.39 is 25.3 Å². The molecule has 1 saturated heterocycles. The van der Waals surface area contributed by atoms with Crippen LogP contribution < -0.4 is 14.4 Å². The maximum absolute atomic E-state index is 17.2. The minimum absolute atomic E-state index is 0.0117. The fourth-order valence-corrected chi connectivity index (χ4v) is 13.3. The van der Waals surface area contributed by atoms with Crippen molar-refractivity contribution in [3.63, 3.8) is 0 Å². The lowest BCUT2D eigenvalue weighted by Crippen LogP contribution is -2.46. The average Bonchev–Trinajstić information content (AvgIpc) is 3.07. The molecule has 8 nitrogen and oxygen atoms in total. The number of β-amino-alcohol motifs (C(OH)–C–C–N with tert-alkyl or cyclic N) is 1. The number of anilines is 1. The van der Waals surface area contributed by atoms with E-state index in [9.17, 15) is 5.11 Å². The first-order chi connectivity index (χ1) is 23.7. The second kappa shape index (κ2) is 15.0. The van der Waals surface area contributed by atoms with Crippen LogP contribution in [0, 0.1) is 23.1 Å². The Balaban J connectivity index is 1.88. The molecule has 0 saturated carbocycles. The Morgan fingerprint density at radius 2 is 1.72 bits per heavy atom. The number of benzene rings is 2. The van der Waals surface area contributed by atoms with Gasteiger partial charge in [-0.1, -0.05) is 65.3 Å². The van der Waals surface area contributed by atoms with E-state index >= 15 is 8.78 Å². The molecule has 268 valence electrons. The van der Waals surface area contributed by atoms with Gasteiger partial charge in [0.25, 0.3) is 0 Å². The monoisotopic (exact) mass is 722 g/mol. The highest BCUT2D eigenvalue weighted by molar-refractivity contribution is 7.98. The molecule has 3 heterocycles. The fraction of sp³-hybridized carbons (Fsp3) is 0.500. The summed E-state index contributed by atoms with van der Waals surface area (Å²) in [7, 11) is 0.700. The molecule has 4 aromatic rings. The third kappa shape index (κ3) is 7.02. The number of aromatic nitrogens is 3. The van der Waals surface area contributed by atoms with Crippen molar-refractivity contribution in [2.45, 2.75) is 88.7 Å². The number of rotatable bonds is 10.